The molecule has 11 heavy (non-hydrogen) atoms. The lowest BCUT2D eigenvalue weighted by molar-refractivity contribution is 0.960. The zero-order valence-corrected chi connectivity index (χ0v) is 8.44. The van der Waals surface area contributed by atoms with E-state index >= 15 is 0 Å². The molecule has 0 unspecified atom stereocenters. The maximum atomic E-state index is 4.06. The molecule has 0 bridgehead atoms. The highest BCUT2D eigenvalue weighted by Gasteiger charge is 2.12. The summed E-state index contributed by atoms with van der Waals surface area (Å²) in [6.07, 6.45) is 2.85. The fourth-order valence-electron chi connectivity index (χ4n) is 0.880. The Morgan fingerprint density at radius 1 is 1.55 bits per heavy atom. The minimum Gasteiger partial charge on any atom is -0.285 e. The van der Waals surface area contributed by atoms with Crippen LogP contribution in [0.2, 0.25) is 25.7 Å². The van der Waals surface area contributed by atoms with Crippen LogP contribution >= 0.6 is 0 Å². The summed E-state index contributed by atoms with van der Waals surface area (Å²) in [5.41, 5.74) is 1.08. The molecule has 0 atom stereocenters. The van der Waals surface area contributed by atoms with E-state index in [1.807, 2.05) is 0 Å². The minimum absolute atomic E-state index is 0.887. The van der Waals surface area contributed by atoms with Gasteiger partial charge in [-0.1, -0.05) is 25.7 Å². The number of rotatable bonds is 3. The van der Waals surface area contributed by atoms with Crippen LogP contribution in [-0.4, -0.2) is 18.3 Å². The Hall–Kier alpha value is -0.573. The third-order valence-corrected chi connectivity index (χ3v) is 3.36. The van der Waals surface area contributed by atoms with Gasteiger partial charge < -0.3 is 0 Å². The summed E-state index contributed by atoms with van der Waals surface area (Å²) in [5.74, 6) is 0. The first-order valence-corrected chi connectivity index (χ1v) is 7.69. The largest absolute Gasteiger partial charge is 0.285 e. The standard InChI is InChI=1S/C8H15N2Si/c1-11(2,3)7-5-8-4-6-9-10-8/h6H,5,7H2,1-3H3,(H,9,10). The highest BCUT2D eigenvalue weighted by Crippen LogP contribution is 2.11. The fraction of sp³-hybridized carbons (Fsp3) is 0.625. The summed E-state index contributed by atoms with van der Waals surface area (Å²) in [6, 6.07) is 4.37. The van der Waals surface area contributed by atoms with E-state index in [-0.39, 0.29) is 0 Å². The number of aryl methyl sites for hydroxylation is 1. The van der Waals surface area contributed by atoms with Crippen molar-refractivity contribution in [1.29, 1.82) is 0 Å². The Bertz CT molecular complexity index is 198. The maximum Gasteiger partial charge on any atom is 0.0698 e. The second-order valence-electron chi connectivity index (χ2n) is 4.04. The van der Waals surface area contributed by atoms with Crippen LogP contribution in [0.25, 0.3) is 0 Å². The number of aromatic nitrogens is 2. The molecule has 0 saturated heterocycles. The lowest BCUT2D eigenvalue weighted by Crippen LogP contribution is -2.19. The molecule has 3 heteroatoms. The SMILES string of the molecule is C[Si](C)(C)CCc1[c]c[nH]n1. The van der Waals surface area contributed by atoms with E-state index in [1.54, 1.807) is 6.20 Å². The summed E-state index contributed by atoms with van der Waals surface area (Å²) in [7, 11) is -0.887. The molecule has 1 rings (SSSR count). The molecule has 0 aliphatic heterocycles. The van der Waals surface area contributed by atoms with E-state index in [0.29, 0.717) is 0 Å². The van der Waals surface area contributed by atoms with E-state index in [4.69, 9.17) is 0 Å². The van der Waals surface area contributed by atoms with Gasteiger partial charge in [0.05, 0.1) is 5.69 Å². The number of H-pyrrole nitrogens is 1. The smallest absolute Gasteiger partial charge is 0.0698 e. The van der Waals surface area contributed by atoms with Crippen LogP contribution in [0.4, 0.5) is 0 Å². The van der Waals surface area contributed by atoms with E-state index < -0.39 is 8.07 Å². The summed E-state index contributed by atoms with van der Waals surface area (Å²) in [5, 5.41) is 6.84. The van der Waals surface area contributed by atoms with Crippen molar-refractivity contribution in [2.45, 2.75) is 32.1 Å². The van der Waals surface area contributed by atoms with Crippen molar-refractivity contribution in [2.75, 3.05) is 0 Å². The third kappa shape index (κ3) is 3.37. The Balaban J connectivity index is 2.35. The molecule has 1 aromatic rings. The second kappa shape index (κ2) is 3.22. The Kier molecular flexibility index (Phi) is 2.49. The van der Waals surface area contributed by atoms with Crippen molar-refractivity contribution < 1.29 is 0 Å². The average Bonchev–Trinajstić information content (AvgIpc) is 2.32. The predicted octanol–water partition coefficient (Wildman–Crippen LogP) is 2.09. The second-order valence-corrected chi connectivity index (χ2v) is 9.66. The first-order valence-electron chi connectivity index (χ1n) is 3.98. The van der Waals surface area contributed by atoms with Crippen molar-refractivity contribution >= 4 is 8.07 Å². The van der Waals surface area contributed by atoms with Gasteiger partial charge in [-0.25, -0.2) is 0 Å². The van der Waals surface area contributed by atoms with E-state index in [2.05, 4.69) is 35.9 Å². The number of nitrogens with zero attached hydrogens (tertiary/aromatic N) is 1. The molecule has 1 heterocycles. The van der Waals surface area contributed by atoms with Gasteiger partial charge in [0.2, 0.25) is 0 Å². The molecule has 0 spiro atoms. The summed E-state index contributed by atoms with van der Waals surface area (Å²) in [4.78, 5) is 0. The molecule has 0 saturated carbocycles. The molecule has 0 aliphatic rings. The van der Waals surface area contributed by atoms with Crippen LogP contribution in [0.3, 0.4) is 0 Å². The number of aromatic amines is 1. The molecule has 1 radical (unpaired) electrons. The molecular formula is C8H15N2Si. The zero-order chi connectivity index (χ0) is 8.32. The molecule has 0 aliphatic carbocycles. The van der Waals surface area contributed by atoms with Crippen LogP contribution in [-0.2, 0) is 6.42 Å². The van der Waals surface area contributed by atoms with E-state index in [1.165, 1.54) is 6.04 Å². The molecule has 2 nitrogen and oxygen atoms in total. The Morgan fingerprint density at radius 2 is 2.27 bits per heavy atom. The lowest BCUT2D eigenvalue weighted by atomic mass is 10.3. The van der Waals surface area contributed by atoms with Crippen molar-refractivity contribution in [1.82, 2.24) is 10.2 Å². The normalized spacial score (nSPS) is 11.9. The van der Waals surface area contributed by atoms with Gasteiger partial charge in [0.1, 0.15) is 0 Å². The predicted molar refractivity (Wildman–Crippen MR) is 49.3 cm³/mol. The monoisotopic (exact) mass is 167 g/mol. The van der Waals surface area contributed by atoms with Gasteiger partial charge in [-0.05, 0) is 6.42 Å². The molecule has 61 valence electrons. The van der Waals surface area contributed by atoms with E-state index in [9.17, 15) is 0 Å². The summed E-state index contributed by atoms with van der Waals surface area (Å²) in [6.45, 7) is 7.12. The van der Waals surface area contributed by atoms with Crippen LogP contribution in [0.15, 0.2) is 6.20 Å². The van der Waals surface area contributed by atoms with Crippen LogP contribution in [0.1, 0.15) is 5.69 Å². The number of hydrogen-bond acceptors (Lipinski definition) is 1. The number of hydrogen-bond donors (Lipinski definition) is 1. The number of nitrogens with one attached hydrogen (secondary N) is 1. The fourth-order valence-corrected chi connectivity index (χ4v) is 1.87. The van der Waals surface area contributed by atoms with Crippen LogP contribution in [0.5, 0.6) is 0 Å². The topological polar surface area (TPSA) is 28.7 Å². The quantitative estimate of drug-likeness (QED) is 0.686. The first-order chi connectivity index (χ1) is 5.08. The van der Waals surface area contributed by atoms with Gasteiger partial charge in [0, 0.05) is 20.3 Å². The molecule has 1 aromatic heterocycles. The first kappa shape index (κ1) is 8.52. The average molecular weight is 167 g/mol. The lowest BCUT2D eigenvalue weighted by Gasteiger charge is -2.13. The Labute approximate surface area is 69.0 Å². The third-order valence-electron chi connectivity index (χ3n) is 1.61. The van der Waals surface area contributed by atoms with Gasteiger partial charge >= 0.3 is 0 Å². The van der Waals surface area contributed by atoms with E-state index in [0.717, 1.165) is 12.1 Å². The Morgan fingerprint density at radius 3 is 2.73 bits per heavy atom. The maximum absolute atomic E-state index is 4.06. The molecule has 0 aromatic carbocycles. The van der Waals surface area contributed by atoms with Crippen molar-refractivity contribution in [3.63, 3.8) is 0 Å². The van der Waals surface area contributed by atoms with Gasteiger partial charge in [-0.15, -0.1) is 0 Å². The van der Waals surface area contributed by atoms with Gasteiger partial charge in [0.15, 0.2) is 0 Å². The van der Waals surface area contributed by atoms with Gasteiger partial charge in [0.25, 0.3) is 0 Å². The van der Waals surface area contributed by atoms with Gasteiger partial charge in [-0.2, -0.15) is 5.10 Å². The van der Waals surface area contributed by atoms with Crippen molar-refractivity contribution in [3.8, 4) is 0 Å². The molecule has 1 N–H and O–H groups in total. The minimum atomic E-state index is -0.887. The van der Waals surface area contributed by atoms with Crippen LogP contribution < -0.4 is 0 Å². The summed E-state index contributed by atoms with van der Waals surface area (Å²) < 4.78 is 0. The zero-order valence-electron chi connectivity index (χ0n) is 7.44. The molecule has 0 amide bonds. The summed E-state index contributed by atoms with van der Waals surface area (Å²) >= 11 is 0. The van der Waals surface area contributed by atoms with Crippen molar-refractivity contribution in [3.05, 3.63) is 18.0 Å². The van der Waals surface area contributed by atoms with Crippen LogP contribution in [0, 0.1) is 6.07 Å². The highest BCUT2D eigenvalue weighted by atomic mass is 28.3. The molecular weight excluding hydrogens is 152 g/mol. The highest BCUT2D eigenvalue weighted by molar-refractivity contribution is 6.76. The van der Waals surface area contributed by atoms with Crippen molar-refractivity contribution in [2.24, 2.45) is 0 Å². The molecule has 0 fully saturated rings. The van der Waals surface area contributed by atoms with Gasteiger partial charge in [-0.3, -0.25) is 5.10 Å².